The fourth-order valence-electron chi connectivity index (χ4n) is 2.88. The number of esters is 1. The van der Waals surface area contributed by atoms with Crippen molar-refractivity contribution < 1.29 is 19.1 Å². The van der Waals surface area contributed by atoms with Crippen molar-refractivity contribution in [3.8, 4) is 0 Å². The molecule has 25 heavy (non-hydrogen) atoms. The average Bonchev–Trinajstić information content (AvgIpc) is 2.52. The molecule has 1 unspecified atom stereocenters. The highest BCUT2D eigenvalue weighted by molar-refractivity contribution is 5.73. The molecule has 5 nitrogen and oxygen atoms in total. The summed E-state index contributed by atoms with van der Waals surface area (Å²) < 4.78 is 10.9. The number of hydrogen-bond donors (Lipinski definition) is 0. The molecule has 1 aromatic carbocycles. The highest BCUT2D eigenvalue weighted by Gasteiger charge is 2.28. The third kappa shape index (κ3) is 6.77. The van der Waals surface area contributed by atoms with Crippen LogP contribution in [-0.4, -0.2) is 35.7 Å². The molecule has 0 aromatic heterocycles. The molecular formula is C20H29NO4. The Morgan fingerprint density at radius 1 is 1.08 bits per heavy atom. The predicted molar refractivity (Wildman–Crippen MR) is 96.0 cm³/mol. The van der Waals surface area contributed by atoms with E-state index in [2.05, 4.69) is 0 Å². The highest BCUT2D eigenvalue weighted by atomic mass is 16.6. The van der Waals surface area contributed by atoms with E-state index in [-0.39, 0.29) is 24.6 Å². The Balaban J connectivity index is 1.85. The van der Waals surface area contributed by atoms with Crippen LogP contribution in [-0.2, 0) is 20.9 Å². The SMILES string of the molecule is CC(C)(C)OC(=O)C1CCCCN(C(=O)OCc2ccccc2)CC1. The van der Waals surface area contributed by atoms with Crippen molar-refractivity contribution in [3.63, 3.8) is 0 Å². The normalized spacial score (nSPS) is 18.8. The topological polar surface area (TPSA) is 55.8 Å². The molecule has 1 fully saturated rings. The first-order valence-corrected chi connectivity index (χ1v) is 9.03. The average molecular weight is 347 g/mol. The fourth-order valence-corrected chi connectivity index (χ4v) is 2.88. The standard InChI is InChI=1S/C20H29NO4/c1-20(2,3)25-18(22)17-11-7-8-13-21(14-12-17)19(23)24-15-16-9-5-4-6-10-16/h4-6,9-10,17H,7-8,11-15H2,1-3H3. The molecule has 0 radical (unpaired) electrons. The van der Waals surface area contributed by atoms with Gasteiger partial charge in [0.25, 0.3) is 0 Å². The van der Waals surface area contributed by atoms with Crippen LogP contribution >= 0.6 is 0 Å². The van der Waals surface area contributed by atoms with Crippen LogP contribution in [0.25, 0.3) is 0 Å². The quantitative estimate of drug-likeness (QED) is 0.771. The Labute approximate surface area is 150 Å². The molecule has 0 N–H and O–H groups in total. The number of amides is 1. The van der Waals surface area contributed by atoms with Gasteiger partial charge < -0.3 is 14.4 Å². The van der Waals surface area contributed by atoms with Crippen molar-refractivity contribution in [3.05, 3.63) is 35.9 Å². The maximum absolute atomic E-state index is 12.3. The van der Waals surface area contributed by atoms with Crippen LogP contribution < -0.4 is 0 Å². The van der Waals surface area contributed by atoms with E-state index in [0.29, 0.717) is 19.5 Å². The molecule has 0 aliphatic carbocycles. The van der Waals surface area contributed by atoms with Gasteiger partial charge in [-0.3, -0.25) is 4.79 Å². The molecule has 1 saturated heterocycles. The zero-order chi connectivity index (χ0) is 18.3. The predicted octanol–water partition coefficient (Wildman–Crippen LogP) is 4.16. The highest BCUT2D eigenvalue weighted by Crippen LogP contribution is 2.22. The molecule has 0 bridgehead atoms. The van der Waals surface area contributed by atoms with Gasteiger partial charge in [-0.05, 0) is 45.6 Å². The van der Waals surface area contributed by atoms with Gasteiger partial charge in [-0.25, -0.2) is 4.79 Å². The lowest BCUT2D eigenvalue weighted by Crippen LogP contribution is -2.37. The molecular weight excluding hydrogens is 318 g/mol. The summed E-state index contributed by atoms with van der Waals surface area (Å²) in [5.41, 5.74) is 0.489. The van der Waals surface area contributed by atoms with Gasteiger partial charge in [-0.15, -0.1) is 0 Å². The van der Waals surface area contributed by atoms with Gasteiger partial charge in [-0.2, -0.15) is 0 Å². The lowest BCUT2D eigenvalue weighted by Gasteiger charge is -2.29. The van der Waals surface area contributed by atoms with E-state index >= 15 is 0 Å². The van der Waals surface area contributed by atoms with E-state index in [1.54, 1.807) is 4.90 Å². The van der Waals surface area contributed by atoms with Crippen LogP contribution in [0.4, 0.5) is 4.79 Å². The fraction of sp³-hybridized carbons (Fsp3) is 0.600. The number of carbonyl (C=O) groups is 2. The van der Waals surface area contributed by atoms with Crippen LogP contribution in [0.3, 0.4) is 0 Å². The molecule has 2 rings (SSSR count). The van der Waals surface area contributed by atoms with Gasteiger partial charge in [0.15, 0.2) is 0 Å². The van der Waals surface area contributed by atoms with Crippen LogP contribution in [0.5, 0.6) is 0 Å². The first kappa shape index (κ1) is 19.3. The molecule has 138 valence electrons. The van der Waals surface area contributed by atoms with Crippen LogP contribution in [0.15, 0.2) is 30.3 Å². The van der Waals surface area contributed by atoms with E-state index < -0.39 is 5.60 Å². The van der Waals surface area contributed by atoms with Crippen molar-refractivity contribution in [2.75, 3.05) is 13.1 Å². The maximum atomic E-state index is 12.3. The van der Waals surface area contributed by atoms with Gasteiger partial charge in [0.2, 0.25) is 0 Å². The summed E-state index contributed by atoms with van der Waals surface area (Å²) in [6.45, 7) is 7.10. The Hall–Kier alpha value is -2.04. The Kier molecular flexibility index (Phi) is 6.85. The van der Waals surface area contributed by atoms with Gasteiger partial charge in [0, 0.05) is 13.1 Å². The minimum absolute atomic E-state index is 0.149. The largest absolute Gasteiger partial charge is 0.460 e. The second kappa shape index (κ2) is 8.88. The van der Waals surface area contributed by atoms with Crippen molar-refractivity contribution in [2.45, 2.75) is 58.7 Å². The van der Waals surface area contributed by atoms with Crippen LogP contribution in [0, 0.1) is 5.92 Å². The minimum atomic E-state index is -0.478. The number of likely N-dealkylation sites (tertiary alicyclic amines) is 1. The smallest absolute Gasteiger partial charge is 0.410 e. The zero-order valence-electron chi connectivity index (χ0n) is 15.5. The number of rotatable bonds is 3. The Morgan fingerprint density at radius 2 is 1.80 bits per heavy atom. The molecule has 1 amide bonds. The Bertz CT molecular complexity index is 565. The molecule has 1 aliphatic heterocycles. The van der Waals surface area contributed by atoms with Gasteiger partial charge in [-0.1, -0.05) is 36.8 Å². The van der Waals surface area contributed by atoms with Gasteiger partial charge >= 0.3 is 12.1 Å². The van der Waals surface area contributed by atoms with Crippen molar-refractivity contribution in [2.24, 2.45) is 5.92 Å². The van der Waals surface area contributed by atoms with E-state index in [1.165, 1.54) is 0 Å². The zero-order valence-corrected chi connectivity index (χ0v) is 15.5. The molecule has 1 aliphatic rings. The monoisotopic (exact) mass is 347 g/mol. The summed E-state index contributed by atoms with van der Waals surface area (Å²) in [6, 6.07) is 9.63. The first-order valence-electron chi connectivity index (χ1n) is 9.03. The summed E-state index contributed by atoms with van der Waals surface area (Å²) in [5, 5.41) is 0. The van der Waals surface area contributed by atoms with Crippen molar-refractivity contribution >= 4 is 12.1 Å². The van der Waals surface area contributed by atoms with Crippen molar-refractivity contribution in [1.82, 2.24) is 4.90 Å². The first-order chi connectivity index (χ1) is 11.8. The van der Waals surface area contributed by atoms with E-state index in [0.717, 1.165) is 24.8 Å². The van der Waals surface area contributed by atoms with E-state index in [4.69, 9.17) is 9.47 Å². The molecule has 5 heteroatoms. The van der Waals surface area contributed by atoms with Crippen LogP contribution in [0.1, 0.15) is 52.0 Å². The summed E-state index contributed by atoms with van der Waals surface area (Å²) in [4.78, 5) is 26.3. The summed E-state index contributed by atoms with van der Waals surface area (Å²) in [7, 11) is 0. The Morgan fingerprint density at radius 3 is 2.48 bits per heavy atom. The third-order valence-corrected chi connectivity index (χ3v) is 4.18. The summed E-state index contributed by atoms with van der Waals surface area (Å²) in [6.07, 6.45) is 2.91. The number of hydrogen-bond acceptors (Lipinski definition) is 4. The molecule has 1 atom stereocenters. The second-order valence-corrected chi connectivity index (χ2v) is 7.54. The second-order valence-electron chi connectivity index (χ2n) is 7.54. The molecule has 0 spiro atoms. The number of carbonyl (C=O) groups excluding carboxylic acids is 2. The number of benzene rings is 1. The van der Waals surface area contributed by atoms with Gasteiger partial charge in [0.05, 0.1) is 5.92 Å². The molecule has 1 heterocycles. The lowest BCUT2D eigenvalue weighted by molar-refractivity contribution is -0.160. The van der Waals surface area contributed by atoms with Crippen molar-refractivity contribution in [1.29, 1.82) is 0 Å². The van der Waals surface area contributed by atoms with E-state index in [1.807, 2.05) is 51.1 Å². The maximum Gasteiger partial charge on any atom is 0.410 e. The lowest BCUT2D eigenvalue weighted by atomic mass is 9.96. The third-order valence-electron chi connectivity index (χ3n) is 4.18. The molecule has 0 saturated carbocycles. The van der Waals surface area contributed by atoms with Crippen LogP contribution in [0.2, 0.25) is 0 Å². The van der Waals surface area contributed by atoms with Gasteiger partial charge in [0.1, 0.15) is 12.2 Å². The minimum Gasteiger partial charge on any atom is -0.460 e. The number of ether oxygens (including phenoxy) is 2. The summed E-state index contributed by atoms with van der Waals surface area (Å²) >= 11 is 0. The van der Waals surface area contributed by atoms with E-state index in [9.17, 15) is 9.59 Å². The number of nitrogens with zero attached hydrogens (tertiary/aromatic N) is 1. The summed E-state index contributed by atoms with van der Waals surface area (Å²) in [5.74, 6) is -0.309. The molecule has 1 aromatic rings.